The van der Waals surface area contributed by atoms with Crippen LogP contribution in [-0.2, 0) is 13.1 Å². The molecule has 3 heterocycles. The van der Waals surface area contributed by atoms with Gasteiger partial charge in [0.15, 0.2) is 11.4 Å². The minimum absolute atomic E-state index is 0.0160. The lowest BCUT2D eigenvalue weighted by Crippen LogP contribution is -2.65. The molecule has 4 rings (SSSR count). The van der Waals surface area contributed by atoms with Crippen LogP contribution in [0.1, 0.15) is 66.9 Å². The van der Waals surface area contributed by atoms with Crippen molar-refractivity contribution in [2.45, 2.75) is 65.8 Å². The molecular weight excluding hydrogens is 482 g/mol. The van der Waals surface area contributed by atoms with Gasteiger partial charge in [0.25, 0.3) is 11.8 Å². The number of hydrogen-bond acceptors (Lipinski definition) is 5. The summed E-state index contributed by atoms with van der Waals surface area (Å²) in [5, 5.41) is 13.2. The number of halogens is 2. The third-order valence-electron chi connectivity index (χ3n) is 6.98. The van der Waals surface area contributed by atoms with Crippen LogP contribution in [0.5, 0.6) is 5.75 Å². The zero-order chi connectivity index (χ0) is 27.0. The number of fused-ring (bicyclic) bond motifs is 2. The lowest BCUT2D eigenvalue weighted by atomic mass is 9.94. The van der Waals surface area contributed by atoms with Crippen molar-refractivity contribution in [3.05, 3.63) is 63.1 Å². The lowest BCUT2D eigenvalue weighted by Gasteiger charge is -2.52. The van der Waals surface area contributed by atoms with E-state index in [-0.39, 0.29) is 35.6 Å². The van der Waals surface area contributed by atoms with Crippen molar-refractivity contribution in [2.75, 3.05) is 13.1 Å². The number of nitrogens with one attached hydrogen (secondary N) is 1. The maximum atomic E-state index is 14.0. The number of hydrogen-bond donors (Lipinski definition) is 2. The van der Waals surface area contributed by atoms with E-state index < -0.39 is 34.6 Å². The molecule has 2 amide bonds. The second kappa shape index (κ2) is 10.6. The van der Waals surface area contributed by atoms with Crippen LogP contribution in [-0.4, -0.2) is 56.6 Å². The van der Waals surface area contributed by atoms with Crippen LogP contribution >= 0.6 is 0 Å². The standard InChI is InChI=1S/C27H34F2N4O4/c1-15(2)9-19-7-8-31(12-16(3)4)22-14-32-13-20(24(34)25(35)23(32)27(37)33(19)22)26(36)30-11-17-5-6-18(28)10-21(17)29/h5-6,10,13,15-16,19,22,35H,7-9,11-12,14H2,1-4H3,(H,30,36)/t19-,22+/m1/s1. The second-order valence-corrected chi connectivity index (χ2v) is 10.8. The first-order chi connectivity index (χ1) is 17.5. The van der Waals surface area contributed by atoms with Crippen molar-refractivity contribution in [1.29, 1.82) is 0 Å². The van der Waals surface area contributed by atoms with Crippen LogP contribution in [0.3, 0.4) is 0 Å². The fourth-order valence-corrected chi connectivity index (χ4v) is 5.40. The molecule has 200 valence electrons. The molecular formula is C27H34F2N4O4. The average molecular weight is 517 g/mol. The highest BCUT2D eigenvalue weighted by Gasteiger charge is 2.44. The number of aromatic hydroxyl groups is 1. The highest BCUT2D eigenvalue weighted by molar-refractivity contribution is 5.99. The van der Waals surface area contributed by atoms with Crippen LogP contribution in [0.2, 0.25) is 0 Å². The van der Waals surface area contributed by atoms with Crippen molar-refractivity contribution in [3.63, 3.8) is 0 Å². The Morgan fingerprint density at radius 2 is 1.89 bits per heavy atom. The van der Waals surface area contributed by atoms with E-state index in [4.69, 9.17) is 0 Å². The van der Waals surface area contributed by atoms with Gasteiger partial charge in [0.05, 0.1) is 6.54 Å². The summed E-state index contributed by atoms with van der Waals surface area (Å²) in [7, 11) is 0. The first kappa shape index (κ1) is 26.8. The predicted octanol–water partition coefficient (Wildman–Crippen LogP) is 3.32. The quantitative estimate of drug-likeness (QED) is 0.589. The van der Waals surface area contributed by atoms with Gasteiger partial charge in [-0.15, -0.1) is 0 Å². The number of aromatic nitrogens is 1. The van der Waals surface area contributed by atoms with Gasteiger partial charge >= 0.3 is 0 Å². The zero-order valence-corrected chi connectivity index (χ0v) is 21.6. The Balaban J connectivity index is 1.66. The number of carbonyl (C=O) groups excluding carboxylic acids is 2. The summed E-state index contributed by atoms with van der Waals surface area (Å²) in [4.78, 5) is 43.6. The first-order valence-electron chi connectivity index (χ1n) is 12.7. The maximum absolute atomic E-state index is 14.0. The van der Waals surface area contributed by atoms with E-state index >= 15 is 0 Å². The molecule has 2 aliphatic heterocycles. The highest BCUT2D eigenvalue weighted by Crippen LogP contribution is 2.33. The SMILES string of the molecule is CC(C)C[C@H]1CCN(CC(C)C)[C@@H]2Cn3cc(C(=O)NCc4ccc(F)cc4F)c(=O)c(O)c3C(=O)N12. The van der Waals surface area contributed by atoms with Gasteiger partial charge in [0.1, 0.15) is 23.4 Å². The molecule has 1 aromatic carbocycles. The summed E-state index contributed by atoms with van der Waals surface area (Å²) in [5.74, 6) is -2.85. The molecule has 1 saturated heterocycles. The lowest BCUT2D eigenvalue weighted by molar-refractivity contribution is -0.0449. The molecule has 2 atom stereocenters. The number of pyridine rings is 1. The molecule has 2 aliphatic rings. The third-order valence-corrected chi connectivity index (χ3v) is 6.98. The molecule has 2 aromatic rings. The molecule has 10 heteroatoms. The largest absolute Gasteiger partial charge is 0.503 e. The van der Waals surface area contributed by atoms with E-state index in [1.165, 1.54) is 16.8 Å². The van der Waals surface area contributed by atoms with Crippen molar-refractivity contribution in [1.82, 2.24) is 19.7 Å². The Bertz CT molecular complexity index is 1260. The smallest absolute Gasteiger partial charge is 0.276 e. The fourth-order valence-electron chi connectivity index (χ4n) is 5.40. The summed E-state index contributed by atoms with van der Waals surface area (Å²) in [6.07, 6.45) is 2.63. The molecule has 1 aromatic heterocycles. The predicted molar refractivity (Wildman–Crippen MR) is 134 cm³/mol. The molecule has 1 fully saturated rings. The Hall–Kier alpha value is -3.27. The summed E-state index contributed by atoms with van der Waals surface area (Å²) >= 11 is 0. The molecule has 0 spiro atoms. The Morgan fingerprint density at radius 3 is 2.54 bits per heavy atom. The van der Waals surface area contributed by atoms with Crippen LogP contribution in [0.15, 0.2) is 29.2 Å². The highest BCUT2D eigenvalue weighted by atomic mass is 19.1. The van der Waals surface area contributed by atoms with E-state index in [9.17, 15) is 28.3 Å². The van der Waals surface area contributed by atoms with Gasteiger partial charge in [-0.1, -0.05) is 33.8 Å². The number of nitrogens with zero attached hydrogens (tertiary/aromatic N) is 3. The summed E-state index contributed by atoms with van der Waals surface area (Å²) in [6.45, 7) is 10.0. The van der Waals surface area contributed by atoms with Gasteiger partial charge in [0, 0.05) is 43.5 Å². The Kier molecular flexibility index (Phi) is 7.68. The fraction of sp³-hybridized carbons (Fsp3) is 0.519. The normalized spacial score (nSPS) is 19.8. The van der Waals surface area contributed by atoms with E-state index in [2.05, 4.69) is 37.9 Å². The van der Waals surface area contributed by atoms with Gasteiger partial charge in [-0.25, -0.2) is 8.78 Å². The number of amides is 2. The molecule has 0 bridgehead atoms. The topological polar surface area (TPSA) is 94.9 Å². The second-order valence-electron chi connectivity index (χ2n) is 10.8. The Morgan fingerprint density at radius 1 is 1.16 bits per heavy atom. The van der Waals surface area contributed by atoms with Crippen molar-refractivity contribution in [2.24, 2.45) is 11.8 Å². The minimum Gasteiger partial charge on any atom is -0.503 e. The van der Waals surface area contributed by atoms with Crippen LogP contribution in [0, 0.1) is 23.5 Å². The van der Waals surface area contributed by atoms with E-state index in [1.807, 2.05) is 0 Å². The van der Waals surface area contributed by atoms with Gasteiger partial charge in [0.2, 0.25) is 5.43 Å². The molecule has 0 radical (unpaired) electrons. The van der Waals surface area contributed by atoms with Crippen LogP contribution < -0.4 is 10.7 Å². The third kappa shape index (κ3) is 5.39. The number of carbonyl (C=O) groups is 2. The van der Waals surface area contributed by atoms with Crippen LogP contribution in [0.25, 0.3) is 0 Å². The van der Waals surface area contributed by atoms with E-state index in [0.717, 1.165) is 32.0 Å². The molecule has 0 aliphatic carbocycles. The van der Waals surface area contributed by atoms with Gasteiger partial charge in [-0.05, 0) is 30.7 Å². The van der Waals surface area contributed by atoms with Crippen molar-refractivity contribution >= 4 is 11.8 Å². The molecule has 0 unspecified atom stereocenters. The van der Waals surface area contributed by atoms with E-state index in [0.29, 0.717) is 24.4 Å². The monoisotopic (exact) mass is 516 g/mol. The Labute approximate surface area is 214 Å². The van der Waals surface area contributed by atoms with Gasteiger partial charge < -0.3 is 19.9 Å². The van der Waals surface area contributed by atoms with Gasteiger partial charge in [-0.3, -0.25) is 19.3 Å². The number of benzene rings is 1. The average Bonchev–Trinajstić information content (AvgIpc) is 2.81. The molecule has 0 saturated carbocycles. The molecule has 8 nitrogen and oxygen atoms in total. The van der Waals surface area contributed by atoms with Gasteiger partial charge in [-0.2, -0.15) is 0 Å². The summed E-state index contributed by atoms with van der Waals surface area (Å²) in [5.41, 5.74) is -1.39. The molecule has 2 N–H and O–H groups in total. The zero-order valence-electron chi connectivity index (χ0n) is 21.6. The molecule has 37 heavy (non-hydrogen) atoms. The summed E-state index contributed by atoms with van der Waals surface area (Å²) < 4.78 is 28.6. The van der Waals surface area contributed by atoms with E-state index in [1.54, 1.807) is 4.90 Å². The van der Waals surface area contributed by atoms with Crippen molar-refractivity contribution < 1.29 is 23.5 Å². The minimum atomic E-state index is -0.966. The van der Waals surface area contributed by atoms with Crippen molar-refractivity contribution in [3.8, 4) is 5.75 Å². The summed E-state index contributed by atoms with van der Waals surface area (Å²) in [6, 6.07) is 2.96. The van der Waals surface area contributed by atoms with Crippen LogP contribution in [0.4, 0.5) is 8.78 Å². The first-order valence-corrected chi connectivity index (χ1v) is 12.7. The maximum Gasteiger partial charge on any atom is 0.276 e. The number of rotatable bonds is 7.